The number of H-pyrrole nitrogens is 6. The van der Waals surface area contributed by atoms with Gasteiger partial charge in [0.05, 0.1) is 14.2 Å². The van der Waals surface area contributed by atoms with Crippen LogP contribution in [-0.4, -0.2) is 134 Å². The van der Waals surface area contributed by atoms with E-state index in [4.69, 9.17) is 117 Å². The maximum absolute atomic E-state index is 7.02. The average Bonchev–Trinajstić information content (AvgIpc) is 1.59. The van der Waals surface area contributed by atoms with Crippen LogP contribution >= 0.6 is 0 Å². The van der Waals surface area contributed by atoms with Gasteiger partial charge in [0.2, 0.25) is 0 Å². The Balaban J connectivity index is 0.705. The summed E-state index contributed by atoms with van der Waals surface area (Å²) in [5.41, 5.74) is 15.5. The molecule has 12 aromatic carbocycles. The molecule has 29 rings (SSSR count). The van der Waals surface area contributed by atoms with Gasteiger partial charge >= 0.3 is 0 Å². The van der Waals surface area contributed by atoms with Crippen molar-refractivity contribution in [2.45, 2.75) is 0 Å². The first-order chi connectivity index (χ1) is 63.1. The highest BCUT2D eigenvalue weighted by molar-refractivity contribution is 6.17. The number of ether oxygens (including phenoxy) is 2. The molecular formula is C98H50N24O6. The highest BCUT2D eigenvalue weighted by Gasteiger charge is 2.26. The summed E-state index contributed by atoms with van der Waals surface area (Å²) in [6, 6.07) is 73.6. The maximum atomic E-state index is 7.02. The minimum Gasteiger partial charge on any atom is -0.497 e. The van der Waals surface area contributed by atoms with Crippen LogP contribution in [0.1, 0.15) is 0 Å². The van der Waals surface area contributed by atoms with Crippen LogP contribution in [-0.2, 0) is 0 Å². The van der Waals surface area contributed by atoms with Crippen molar-refractivity contribution < 1.29 is 27.1 Å². The van der Waals surface area contributed by atoms with Crippen molar-refractivity contribution in [3.63, 3.8) is 0 Å². The lowest BCUT2D eigenvalue weighted by Gasteiger charge is -2.02. The molecule has 27 aromatic rings. The van der Waals surface area contributed by atoms with E-state index in [0.717, 1.165) is 49.0 Å². The number of rotatable bonds is 2. The number of benzene rings is 12. The van der Waals surface area contributed by atoms with E-state index in [1.54, 1.807) is 14.2 Å². The molecule has 0 radical (unpaired) electrons. The topological polar surface area (TPSA) is 398 Å². The number of aromatic nitrogens is 24. The summed E-state index contributed by atoms with van der Waals surface area (Å²) in [5, 5.41) is 14.0. The molecule has 0 unspecified atom stereocenters. The first-order valence-corrected chi connectivity index (χ1v) is 40.9. The van der Waals surface area contributed by atoms with E-state index >= 15 is 0 Å². The van der Waals surface area contributed by atoms with E-state index < -0.39 is 0 Å². The van der Waals surface area contributed by atoms with E-state index in [1.807, 2.05) is 231 Å². The lowest BCUT2D eigenvalue weighted by atomic mass is 10.1. The average molecular weight is 1660 g/mol. The number of hydrogen-bond donors (Lipinski definition) is 6. The van der Waals surface area contributed by atoms with E-state index in [1.165, 1.54) is 0 Å². The summed E-state index contributed by atoms with van der Waals surface area (Å²) >= 11 is 0. The SMILES string of the molecule is COc1ccc2c(c1)-c1nc-2nc2[nH]c3nc4nc(nc5[nH]c(n1)c1cc(OC)ccc51)c1ccc(cc41)oc1ccc4c5nc6nc7nc8[nH]c(nc9nc(nc([nH]5)c4c1)c1cc(ccc91)oc1ccc2c3c1)c1ccc(cc81)oc1ccc2c3nc(nc4[nH]c(nc5nc(nc8[nH]c(n3)c3ccccc83)-c3ccccc3-5)c3ccc(cc43)oc3ccc6c7c3)c2c1. The van der Waals surface area contributed by atoms with Crippen molar-refractivity contribution in [1.29, 1.82) is 0 Å². The smallest absolute Gasteiger partial charge is 0.164 e. The van der Waals surface area contributed by atoms with Gasteiger partial charge in [-0.25, -0.2) is 89.7 Å². The van der Waals surface area contributed by atoms with Gasteiger partial charge in [0.15, 0.2) is 68.5 Å². The fraction of sp³-hybridized carbons (Fsp3) is 0.0204. The number of nitrogens with zero attached hydrogens (tertiary/aromatic N) is 18. The van der Waals surface area contributed by atoms with Crippen LogP contribution < -0.4 is 9.47 Å². The largest absolute Gasteiger partial charge is 0.497 e. The Morgan fingerprint density at radius 2 is 0.391 bits per heavy atom. The second-order valence-electron chi connectivity index (χ2n) is 31.8. The minimum absolute atomic E-state index is 0.322. The zero-order chi connectivity index (χ0) is 83.6. The molecule has 598 valence electrons. The van der Waals surface area contributed by atoms with E-state index in [-0.39, 0.29) is 0 Å². The van der Waals surface area contributed by atoms with Gasteiger partial charge in [-0.2, -0.15) is 0 Å². The first kappa shape index (κ1) is 68.2. The van der Waals surface area contributed by atoms with Crippen molar-refractivity contribution >= 4 is 265 Å². The van der Waals surface area contributed by atoms with Crippen LogP contribution in [0.25, 0.3) is 311 Å². The molecule has 0 fully saturated rings. The molecule has 0 amide bonds. The molecule has 2 aliphatic rings. The standard InChI is InChI=1S/C98H50N24O6/c1-123-41-11-21-55-65(31-41)89-108-79(55)104-83-59-25-15-45-35-69(59)93(112-83)120-94-70-36-46(16-26-60(70)84(113-94)105-80-56-22-12-42(124-2)32-66(56)90(109-80)118-89)128-50-20-30-64-74(40-50)98-117-88(64)107-86-62-28-18-48-38-72(62)96(115-86)121-95-71-37-47(17-27-61(71)85(114-95)106-87-63-29-19-49(127-45)39-73(63)97(116-87)122-98)125-43-13-23-57-67(33-43)91-110-81(57)102-77-53-9-5-3-7-51(53)75(100-77)99-76-52-8-4-6-10-54(52)78(101-76)103-82-58-24-14-44(126-48)34-68(58)92(111-82)119-91/h3-40H,1-2H3,(H2,99,100,101,102,103,110,111,119)(H2,104,105,108,109,112,113,118,120)(H2,106,107,114,115,116,117,121,122). The van der Waals surface area contributed by atoms with Gasteiger partial charge in [-0.05, 0) is 182 Å². The van der Waals surface area contributed by atoms with Gasteiger partial charge in [-0.3, -0.25) is 0 Å². The van der Waals surface area contributed by atoms with Crippen LogP contribution in [0.15, 0.2) is 248 Å². The Bertz CT molecular complexity index is 10200. The zero-order valence-corrected chi connectivity index (χ0v) is 66.4. The van der Waals surface area contributed by atoms with E-state index in [0.29, 0.717) is 273 Å². The van der Waals surface area contributed by atoms with Crippen LogP contribution in [0, 0.1) is 0 Å². The molecule has 0 saturated heterocycles. The number of aromatic amines is 6. The lowest BCUT2D eigenvalue weighted by Crippen LogP contribution is -1.86. The molecule has 0 aliphatic carbocycles. The quantitative estimate of drug-likeness (QED) is 0.0936. The fourth-order valence-corrected chi connectivity index (χ4v) is 18.4. The zero-order valence-electron chi connectivity index (χ0n) is 66.4. The van der Waals surface area contributed by atoms with Gasteiger partial charge in [-0.1, -0.05) is 48.5 Å². The maximum Gasteiger partial charge on any atom is 0.164 e. The number of methoxy groups -OCH3 is 2. The summed E-state index contributed by atoms with van der Waals surface area (Å²) in [6.07, 6.45) is 0. The Morgan fingerprint density at radius 3 is 0.711 bits per heavy atom. The predicted octanol–water partition coefficient (Wildman–Crippen LogP) is 21.7. The Morgan fingerprint density at radius 1 is 0.172 bits per heavy atom. The normalized spacial score (nSPS) is 12.5. The molecule has 30 nitrogen and oxygen atoms in total. The van der Waals surface area contributed by atoms with Crippen LogP contribution in [0.2, 0.25) is 0 Å². The summed E-state index contributed by atoms with van der Waals surface area (Å²) < 4.78 is 39.6. The Labute approximate surface area is 709 Å². The highest BCUT2D eigenvalue weighted by Crippen LogP contribution is 2.43. The van der Waals surface area contributed by atoms with E-state index in [2.05, 4.69) is 29.9 Å². The molecule has 128 heavy (non-hydrogen) atoms. The second-order valence-corrected chi connectivity index (χ2v) is 31.8. The highest BCUT2D eigenvalue weighted by atomic mass is 16.5. The lowest BCUT2D eigenvalue weighted by molar-refractivity contribution is 0.415. The molecule has 6 N–H and O–H groups in total. The fourth-order valence-electron chi connectivity index (χ4n) is 18.4. The molecule has 0 saturated carbocycles. The third kappa shape index (κ3) is 10.2. The predicted molar refractivity (Wildman–Crippen MR) is 492 cm³/mol. The summed E-state index contributed by atoms with van der Waals surface area (Å²) in [6.45, 7) is 0. The van der Waals surface area contributed by atoms with Gasteiger partial charge < -0.3 is 57.0 Å². The summed E-state index contributed by atoms with van der Waals surface area (Å²) in [7, 11) is 3.26. The molecule has 15 aromatic heterocycles. The molecule has 0 spiro atoms. The summed E-state index contributed by atoms with van der Waals surface area (Å²) in [4.78, 5) is 118. The molecule has 30 heteroatoms. The van der Waals surface area contributed by atoms with Gasteiger partial charge in [0.1, 0.15) is 124 Å². The van der Waals surface area contributed by atoms with E-state index in [9.17, 15) is 0 Å². The number of hydrogen-bond acceptors (Lipinski definition) is 24. The number of fused-ring (bicyclic) bond motifs is 44. The van der Waals surface area contributed by atoms with Gasteiger partial charge in [0.25, 0.3) is 0 Å². The van der Waals surface area contributed by atoms with Crippen LogP contribution in [0.4, 0.5) is 0 Å². The minimum atomic E-state index is 0.322. The van der Waals surface area contributed by atoms with Crippen LogP contribution in [0.5, 0.6) is 11.5 Å². The van der Waals surface area contributed by atoms with Gasteiger partial charge in [-0.15, -0.1) is 0 Å². The number of nitrogens with one attached hydrogen (secondary N) is 6. The third-order valence-electron chi connectivity index (χ3n) is 24.4. The summed E-state index contributed by atoms with van der Waals surface area (Å²) in [5.74, 6) is 3.03. The second kappa shape index (κ2) is 25.1. The molecule has 40 bridgehead atoms. The molecular weight excluding hydrogens is 1610 g/mol. The van der Waals surface area contributed by atoms with Gasteiger partial charge in [0, 0.05) is 130 Å². The monoisotopic (exact) mass is 1660 g/mol. The molecule has 17 heterocycles. The van der Waals surface area contributed by atoms with Crippen molar-refractivity contribution in [2.24, 2.45) is 0 Å². The first-order valence-electron chi connectivity index (χ1n) is 40.9. The van der Waals surface area contributed by atoms with Crippen molar-refractivity contribution in [3.05, 3.63) is 231 Å². The van der Waals surface area contributed by atoms with Crippen LogP contribution in [0.3, 0.4) is 0 Å². The van der Waals surface area contributed by atoms with Crippen molar-refractivity contribution in [1.82, 2.24) is 120 Å². The molecule has 2 aliphatic heterocycles. The Kier molecular flexibility index (Phi) is 13.4. The Hall–Kier alpha value is -18.5. The van der Waals surface area contributed by atoms with Crippen molar-refractivity contribution in [2.75, 3.05) is 14.2 Å². The molecule has 0 atom stereocenters. The van der Waals surface area contributed by atoms with Crippen molar-refractivity contribution in [3.8, 4) is 57.1 Å². The third-order valence-corrected chi connectivity index (χ3v) is 24.4.